The summed E-state index contributed by atoms with van der Waals surface area (Å²) in [5, 5.41) is 13.9. The van der Waals surface area contributed by atoms with Crippen LogP contribution in [-0.2, 0) is 23.9 Å². The van der Waals surface area contributed by atoms with Gasteiger partial charge >= 0.3 is 12.0 Å². The predicted molar refractivity (Wildman–Crippen MR) is 152 cm³/mol. The highest BCUT2D eigenvalue weighted by Gasteiger charge is 2.32. The van der Waals surface area contributed by atoms with E-state index < -0.39 is 41.9 Å². The largest absolute Gasteiger partial charge is 0.463 e. The number of esters is 1. The van der Waals surface area contributed by atoms with Gasteiger partial charge in [-0.25, -0.2) is 9.59 Å². The van der Waals surface area contributed by atoms with Gasteiger partial charge in [-0.05, 0) is 50.2 Å². The molecule has 1 aliphatic rings. The van der Waals surface area contributed by atoms with Crippen molar-refractivity contribution in [1.29, 1.82) is 0 Å². The van der Waals surface area contributed by atoms with Crippen LogP contribution < -0.4 is 26.6 Å². The van der Waals surface area contributed by atoms with E-state index >= 15 is 0 Å². The standard InChI is InChI=1S/C29H43N5O6/c1-6-40-24(35)13-12-22(17-20-14-15-30-26(20)36)31-27(37)23(16-18(2)3)33-28(38)25(19(4)5)34-29(39)32-21-10-8-7-9-11-21/h7-13,18-20,22-23,25H,6,14-17H2,1-5H3,(H,30,36)(H,31,37)(H,33,38)(H2,32,34,39)/t20-,22+,23-,25-/m0/s1. The molecule has 0 aliphatic carbocycles. The van der Waals surface area contributed by atoms with Gasteiger partial charge in [0.25, 0.3) is 0 Å². The minimum absolute atomic E-state index is 0.0667. The molecule has 0 saturated carbocycles. The zero-order valence-corrected chi connectivity index (χ0v) is 24.0. The van der Waals surface area contributed by atoms with Crippen LogP contribution in [0.2, 0.25) is 0 Å². The Morgan fingerprint density at radius 1 is 1.02 bits per heavy atom. The molecule has 1 fully saturated rings. The second-order valence-electron chi connectivity index (χ2n) is 10.6. The van der Waals surface area contributed by atoms with Gasteiger partial charge in [-0.3, -0.25) is 14.4 Å². The third-order valence-corrected chi connectivity index (χ3v) is 6.39. The van der Waals surface area contributed by atoms with Gasteiger partial charge in [0.15, 0.2) is 0 Å². The fourth-order valence-electron chi connectivity index (χ4n) is 4.36. The van der Waals surface area contributed by atoms with E-state index in [9.17, 15) is 24.0 Å². The van der Waals surface area contributed by atoms with E-state index in [1.807, 2.05) is 19.9 Å². The van der Waals surface area contributed by atoms with E-state index in [2.05, 4.69) is 26.6 Å². The van der Waals surface area contributed by atoms with Gasteiger partial charge in [-0.15, -0.1) is 0 Å². The molecule has 40 heavy (non-hydrogen) atoms. The van der Waals surface area contributed by atoms with Crippen LogP contribution in [0.25, 0.3) is 0 Å². The highest BCUT2D eigenvalue weighted by Crippen LogP contribution is 2.18. The van der Waals surface area contributed by atoms with Gasteiger partial charge in [-0.2, -0.15) is 0 Å². The molecule has 0 unspecified atom stereocenters. The third kappa shape index (κ3) is 11.1. The van der Waals surface area contributed by atoms with E-state index in [0.29, 0.717) is 31.5 Å². The average molecular weight is 558 g/mol. The van der Waals surface area contributed by atoms with Crippen molar-refractivity contribution >= 4 is 35.4 Å². The molecule has 5 N–H and O–H groups in total. The first-order valence-corrected chi connectivity index (χ1v) is 13.9. The molecule has 11 heteroatoms. The number of rotatable bonds is 14. The highest BCUT2D eigenvalue weighted by molar-refractivity contribution is 5.95. The second kappa shape index (κ2) is 16.3. The van der Waals surface area contributed by atoms with Crippen molar-refractivity contribution in [2.45, 2.75) is 72.0 Å². The molecular formula is C29H43N5O6. The van der Waals surface area contributed by atoms with Gasteiger partial charge in [0.05, 0.1) is 6.61 Å². The van der Waals surface area contributed by atoms with E-state index in [0.717, 1.165) is 0 Å². The van der Waals surface area contributed by atoms with Crippen LogP contribution in [0.1, 0.15) is 53.9 Å². The Kier molecular flexibility index (Phi) is 13.1. The van der Waals surface area contributed by atoms with Crippen molar-refractivity contribution in [2.75, 3.05) is 18.5 Å². The molecule has 11 nitrogen and oxygen atoms in total. The zero-order chi connectivity index (χ0) is 29.7. The first-order chi connectivity index (χ1) is 19.0. The fourth-order valence-corrected chi connectivity index (χ4v) is 4.36. The van der Waals surface area contributed by atoms with Crippen molar-refractivity contribution in [3.63, 3.8) is 0 Å². The summed E-state index contributed by atoms with van der Waals surface area (Å²) < 4.78 is 4.94. The smallest absolute Gasteiger partial charge is 0.330 e. The van der Waals surface area contributed by atoms with E-state index in [-0.39, 0.29) is 30.3 Å². The van der Waals surface area contributed by atoms with E-state index in [4.69, 9.17) is 4.74 Å². The Morgan fingerprint density at radius 3 is 2.30 bits per heavy atom. The maximum atomic E-state index is 13.4. The predicted octanol–water partition coefficient (Wildman–Crippen LogP) is 2.49. The maximum absolute atomic E-state index is 13.4. The number of carbonyl (C=O) groups is 5. The Hall–Kier alpha value is -3.89. The molecule has 1 aromatic carbocycles. The lowest BCUT2D eigenvalue weighted by Crippen LogP contribution is -2.57. The molecule has 2 rings (SSSR count). The Bertz CT molecular complexity index is 1040. The molecule has 1 aromatic rings. The van der Waals surface area contributed by atoms with Crippen LogP contribution in [0.3, 0.4) is 0 Å². The number of nitrogens with one attached hydrogen (secondary N) is 5. The third-order valence-electron chi connectivity index (χ3n) is 6.39. The maximum Gasteiger partial charge on any atom is 0.330 e. The monoisotopic (exact) mass is 557 g/mol. The molecular weight excluding hydrogens is 514 g/mol. The second-order valence-corrected chi connectivity index (χ2v) is 10.6. The number of urea groups is 1. The fraction of sp³-hybridized carbons (Fsp3) is 0.552. The number of hydrogen-bond acceptors (Lipinski definition) is 6. The van der Waals surface area contributed by atoms with E-state index in [1.165, 1.54) is 12.2 Å². The van der Waals surface area contributed by atoms with Gasteiger partial charge in [0.2, 0.25) is 17.7 Å². The van der Waals surface area contributed by atoms with Crippen molar-refractivity contribution in [3.8, 4) is 0 Å². The van der Waals surface area contributed by atoms with Gasteiger partial charge in [0, 0.05) is 30.3 Å². The number of anilines is 1. The van der Waals surface area contributed by atoms with Crippen LogP contribution in [0.15, 0.2) is 42.5 Å². The Labute approximate surface area is 236 Å². The summed E-state index contributed by atoms with van der Waals surface area (Å²) in [5.74, 6) is -2.10. The van der Waals surface area contributed by atoms with Crippen LogP contribution >= 0.6 is 0 Å². The highest BCUT2D eigenvalue weighted by atomic mass is 16.5. The average Bonchev–Trinajstić information content (AvgIpc) is 3.29. The topological polar surface area (TPSA) is 155 Å². The minimum Gasteiger partial charge on any atom is -0.463 e. The zero-order valence-electron chi connectivity index (χ0n) is 24.0. The van der Waals surface area contributed by atoms with Gasteiger partial charge in [-0.1, -0.05) is 52.0 Å². The molecule has 1 heterocycles. The molecule has 0 spiro atoms. The number of benzene rings is 1. The van der Waals surface area contributed by atoms with Crippen LogP contribution in [0.5, 0.6) is 0 Å². The minimum atomic E-state index is -0.899. The lowest BCUT2D eigenvalue weighted by Gasteiger charge is -2.27. The molecule has 5 amide bonds. The summed E-state index contributed by atoms with van der Waals surface area (Å²) in [6, 6.07) is 5.89. The van der Waals surface area contributed by atoms with Gasteiger partial charge < -0.3 is 31.3 Å². The first kappa shape index (κ1) is 32.3. The first-order valence-electron chi connectivity index (χ1n) is 13.9. The summed E-state index contributed by atoms with van der Waals surface area (Å²) in [6.07, 6.45) is 4.02. The number of carbonyl (C=O) groups excluding carboxylic acids is 5. The summed E-state index contributed by atoms with van der Waals surface area (Å²) in [7, 11) is 0. The van der Waals surface area contributed by atoms with Crippen LogP contribution in [0.4, 0.5) is 10.5 Å². The number of para-hydroxylation sites is 1. The Balaban J connectivity index is 2.14. The van der Waals surface area contributed by atoms with Crippen LogP contribution in [0, 0.1) is 17.8 Å². The summed E-state index contributed by atoms with van der Waals surface area (Å²) in [6.45, 7) is 9.91. The van der Waals surface area contributed by atoms with Crippen molar-refractivity contribution in [3.05, 3.63) is 42.5 Å². The van der Waals surface area contributed by atoms with Crippen molar-refractivity contribution in [2.24, 2.45) is 17.8 Å². The molecule has 1 saturated heterocycles. The SMILES string of the molecule is CCOC(=O)C=C[C@H](C[C@@H]1CCNC1=O)NC(=O)[C@H](CC(C)C)NC(=O)[C@@H](NC(=O)Nc1ccccc1)C(C)C. The molecule has 1 aliphatic heterocycles. The number of ether oxygens (including phenoxy) is 1. The normalized spacial score (nSPS) is 17.2. The lowest BCUT2D eigenvalue weighted by atomic mass is 9.96. The molecule has 4 atom stereocenters. The molecule has 0 radical (unpaired) electrons. The quantitative estimate of drug-likeness (QED) is 0.175. The summed E-state index contributed by atoms with van der Waals surface area (Å²) in [4.78, 5) is 63.4. The summed E-state index contributed by atoms with van der Waals surface area (Å²) >= 11 is 0. The molecule has 0 aromatic heterocycles. The number of amides is 5. The molecule has 0 bridgehead atoms. The van der Waals surface area contributed by atoms with E-state index in [1.54, 1.807) is 45.0 Å². The van der Waals surface area contributed by atoms with Crippen molar-refractivity contribution < 1.29 is 28.7 Å². The van der Waals surface area contributed by atoms with Crippen molar-refractivity contribution in [1.82, 2.24) is 21.3 Å². The number of hydrogen-bond donors (Lipinski definition) is 5. The lowest BCUT2D eigenvalue weighted by molar-refractivity contribution is -0.137. The van der Waals surface area contributed by atoms with Crippen LogP contribution in [-0.4, -0.2) is 61.0 Å². The Morgan fingerprint density at radius 2 is 1.73 bits per heavy atom. The molecule has 220 valence electrons. The van der Waals surface area contributed by atoms with Gasteiger partial charge in [0.1, 0.15) is 12.1 Å². The summed E-state index contributed by atoms with van der Waals surface area (Å²) in [5.41, 5.74) is 0.581.